The van der Waals surface area contributed by atoms with E-state index in [1.807, 2.05) is 13.8 Å². The van der Waals surface area contributed by atoms with Gasteiger partial charge in [-0.3, -0.25) is 0 Å². The number of ether oxygens (including phenoxy) is 1. The molecule has 0 amide bonds. The maximum Gasteiger partial charge on any atom is 0.0753 e. The number of morpholine rings is 1. The van der Waals surface area contributed by atoms with Crippen molar-refractivity contribution in [3.8, 4) is 0 Å². The molecule has 0 aromatic heterocycles. The Kier molecular flexibility index (Phi) is 4.69. The highest BCUT2D eigenvalue weighted by atomic mass is 16.5. The van der Waals surface area contributed by atoms with Crippen LogP contribution in [-0.4, -0.2) is 37.2 Å². The topological polar surface area (TPSA) is 12.5 Å². The Bertz CT molecular complexity index is 102. The Balaban J connectivity index is 0.000000461. The summed E-state index contributed by atoms with van der Waals surface area (Å²) in [7, 11) is 2.13. The highest BCUT2D eigenvalue weighted by Crippen LogP contribution is 2.14. The van der Waals surface area contributed by atoms with Crippen LogP contribution in [0.4, 0.5) is 0 Å². The summed E-state index contributed by atoms with van der Waals surface area (Å²) in [5, 5.41) is 0. The Morgan fingerprint density at radius 3 is 2.09 bits per heavy atom. The predicted octanol–water partition coefficient (Wildman–Crippen LogP) is 1.75. The van der Waals surface area contributed by atoms with E-state index in [1.165, 1.54) is 0 Å². The first-order valence-electron chi connectivity index (χ1n) is 4.43. The van der Waals surface area contributed by atoms with Crippen molar-refractivity contribution in [2.45, 2.75) is 33.3 Å². The van der Waals surface area contributed by atoms with Gasteiger partial charge in [0, 0.05) is 13.1 Å². The Labute approximate surface area is 70.5 Å². The summed E-state index contributed by atoms with van der Waals surface area (Å²) in [5.74, 6) is 0. The van der Waals surface area contributed by atoms with E-state index in [4.69, 9.17) is 4.74 Å². The molecule has 11 heavy (non-hydrogen) atoms. The lowest BCUT2D eigenvalue weighted by Crippen LogP contribution is -2.46. The molecule has 0 aliphatic carbocycles. The molecule has 68 valence electrons. The van der Waals surface area contributed by atoms with Crippen molar-refractivity contribution < 1.29 is 4.74 Å². The molecule has 1 aliphatic rings. The Morgan fingerprint density at radius 2 is 1.82 bits per heavy atom. The molecule has 0 atom stereocenters. The van der Waals surface area contributed by atoms with Gasteiger partial charge in [-0.15, -0.1) is 0 Å². The summed E-state index contributed by atoms with van der Waals surface area (Å²) in [6.45, 7) is 11.3. The third-order valence-electron chi connectivity index (χ3n) is 1.62. The molecule has 0 bridgehead atoms. The Hall–Kier alpha value is -0.0800. The molecule has 0 N–H and O–H groups in total. The third kappa shape index (κ3) is 4.38. The third-order valence-corrected chi connectivity index (χ3v) is 1.62. The molecule has 0 spiro atoms. The molecule has 1 rings (SSSR count). The fourth-order valence-electron chi connectivity index (χ4n) is 1.25. The maximum atomic E-state index is 5.49. The van der Waals surface area contributed by atoms with Crippen LogP contribution in [-0.2, 0) is 4.74 Å². The van der Waals surface area contributed by atoms with E-state index in [0.717, 1.165) is 19.7 Å². The normalized spacial score (nSPS) is 23.7. The van der Waals surface area contributed by atoms with E-state index in [-0.39, 0.29) is 5.60 Å². The summed E-state index contributed by atoms with van der Waals surface area (Å²) in [5.41, 5.74) is 0.0764. The molecule has 1 aliphatic heterocycles. The van der Waals surface area contributed by atoms with Gasteiger partial charge in [0.15, 0.2) is 0 Å². The van der Waals surface area contributed by atoms with Crippen molar-refractivity contribution in [3.05, 3.63) is 0 Å². The summed E-state index contributed by atoms with van der Waals surface area (Å²) in [4.78, 5) is 2.30. The first kappa shape index (κ1) is 10.9. The Morgan fingerprint density at radius 1 is 1.27 bits per heavy atom. The molecule has 2 heteroatoms. The van der Waals surface area contributed by atoms with Gasteiger partial charge >= 0.3 is 0 Å². The minimum Gasteiger partial charge on any atom is -0.373 e. The van der Waals surface area contributed by atoms with Crippen LogP contribution < -0.4 is 0 Å². The molecule has 1 heterocycles. The van der Waals surface area contributed by atoms with Crippen LogP contribution in [0.3, 0.4) is 0 Å². The fourth-order valence-corrected chi connectivity index (χ4v) is 1.25. The number of nitrogens with zero attached hydrogens (tertiary/aromatic N) is 1. The van der Waals surface area contributed by atoms with E-state index in [9.17, 15) is 0 Å². The van der Waals surface area contributed by atoms with Crippen molar-refractivity contribution in [3.63, 3.8) is 0 Å². The van der Waals surface area contributed by atoms with Gasteiger partial charge in [-0.25, -0.2) is 0 Å². The van der Waals surface area contributed by atoms with E-state index in [0.29, 0.717) is 0 Å². The van der Waals surface area contributed by atoms with Crippen molar-refractivity contribution in [1.29, 1.82) is 0 Å². The van der Waals surface area contributed by atoms with Crippen molar-refractivity contribution >= 4 is 0 Å². The van der Waals surface area contributed by atoms with Gasteiger partial charge in [0.1, 0.15) is 0 Å². The van der Waals surface area contributed by atoms with Crippen molar-refractivity contribution in [2.24, 2.45) is 0 Å². The second-order valence-corrected chi connectivity index (χ2v) is 3.35. The van der Waals surface area contributed by atoms with Crippen LogP contribution in [0.2, 0.25) is 0 Å². The summed E-state index contributed by atoms with van der Waals surface area (Å²) in [6, 6.07) is 0. The smallest absolute Gasteiger partial charge is 0.0753 e. The van der Waals surface area contributed by atoms with E-state index in [2.05, 4.69) is 25.8 Å². The molecule has 2 nitrogen and oxygen atoms in total. The number of rotatable bonds is 0. The van der Waals surface area contributed by atoms with Gasteiger partial charge in [0.2, 0.25) is 0 Å². The monoisotopic (exact) mass is 159 g/mol. The zero-order valence-corrected chi connectivity index (χ0v) is 8.48. The van der Waals surface area contributed by atoms with Crippen LogP contribution >= 0.6 is 0 Å². The SMILES string of the molecule is CC.CN1CCOC(C)(C)C1. The maximum absolute atomic E-state index is 5.49. The molecule has 1 fully saturated rings. The van der Waals surface area contributed by atoms with E-state index in [1.54, 1.807) is 0 Å². The number of hydrogen-bond donors (Lipinski definition) is 0. The van der Waals surface area contributed by atoms with E-state index >= 15 is 0 Å². The zero-order valence-electron chi connectivity index (χ0n) is 8.48. The van der Waals surface area contributed by atoms with Crippen LogP contribution in [0.1, 0.15) is 27.7 Å². The van der Waals surface area contributed by atoms with Crippen LogP contribution in [0.25, 0.3) is 0 Å². The quantitative estimate of drug-likeness (QED) is 0.534. The first-order valence-corrected chi connectivity index (χ1v) is 4.43. The van der Waals surface area contributed by atoms with Gasteiger partial charge in [-0.05, 0) is 20.9 Å². The average molecular weight is 159 g/mol. The molecule has 0 aromatic rings. The zero-order chi connectivity index (χ0) is 8.91. The van der Waals surface area contributed by atoms with Gasteiger partial charge in [-0.2, -0.15) is 0 Å². The molecule has 1 saturated heterocycles. The van der Waals surface area contributed by atoms with Crippen LogP contribution in [0, 0.1) is 0 Å². The van der Waals surface area contributed by atoms with Crippen LogP contribution in [0.5, 0.6) is 0 Å². The van der Waals surface area contributed by atoms with Gasteiger partial charge in [-0.1, -0.05) is 13.8 Å². The van der Waals surface area contributed by atoms with Crippen molar-refractivity contribution in [2.75, 3.05) is 26.7 Å². The number of likely N-dealkylation sites (N-methyl/N-ethyl adjacent to an activating group) is 1. The lowest BCUT2D eigenvalue weighted by atomic mass is 10.1. The summed E-state index contributed by atoms with van der Waals surface area (Å²) >= 11 is 0. The first-order chi connectivity index (χ1) is 5.10. The lowest BCUT2D eigenvalue weighted by Gasteiger charge is -2.35. The lowest BCUT2D eigenvalue weighted by molar-refractivity contribution is -0.0789. The van der Waals surface area contributed by atoms with Crippen LogP contribution in [0.15, 0.2) is 0 Å². The molecule has 0 unspecified atom stereocenters. The number of hydrogen-bond acceptors (Lipinski definition) is 2. The average Bonchev–Trinajstić information content (AvgIpc) is 1.89. The summed E-state index contributed by atoms with van der Waals surface area (Å²) in [6.07, 6.45) is 0. The molecule has 0 saturated carbocycles. The fraction of sp³-hybridized carbons (Fsp3) is 1.00. The molecule has 0 radical (unpaired) electrons. The standard InChI is InChI=1S/C7H15NO.C2H6/c1-7(2)6-8(3)4-5-9-7;1-2/h4-6H2,1-3H3;1-2H3. The highest BCUT2D eigenvalue weighted by Gasteiger charge is 2.24. The second-order valence-electron chi connectivity index (χ2n) is 3.35. The van der Waals surface area contributed by atoms with Crippen molar-refractivity contribution in [1.82, 2.24) is 4.90 Å². The van der Waals surface area contributed by atoms with Gasteiger partial charge < -0.3 is 9.64 Å². The van der Waals surface area contributed by atoms with Gasteiger partial charge in [0.25, 0.3) is 0 Å². The minimum absolute atomic E-state index is 0.0764. The molecular formula is C9H21NO. The van der Waals surface area contributed by atoms with Gasteiger partial charge in [0.05, 0.1) is 12.2 Å². The molecular weight excluding hydrogens is 138 g/mol. The minimum atomic E-state index is 0.0764. The predicted molar refractivity (Wildman–Crippen MR) is 48.9 cm³/mol. The largest absolute Gasteiger partial charge is 0.373 e. The second kappa shape index (κ2) is 4.73. The highest BCUT2D eigenvalue weighted by molar-refractivity contribution is 4.76. The molecule has 0 aromatic carbocycles. The summed E-state index contributed by atoms with van der Waals surface area (Å²) < 4.78 is 5.49. The van der Waals surface area contributed by atoms with E-state index < -0.39 is 0 Å².